The van der Waals surface area contributed by atoms with Crippen molar-refractivity contribution in [1.29, 1.82) is 0 Å². The van der Waals surface area contributed by atoms with Crippen molar-refractivity contribution in [3.8, 4) is 0 Å². The van der Waals surface area contributed by atoms with Crippen LogP contribution in [0.3, 0.4) is 0 Å². The van der Waals surface area contributed by atoms with Crippen molar-refractivity contribution in [2.24, 2.45) is 0 Å². The summed E-state index contributed by atoms with van der Waals surface area (Å²) in [5.74, 6) is -1.38. The van der Waals surface area contributed by atoms with E-state index in [2.05, 4.69) is 5.32 Å². The van der Waals surface area contributed by atoms with Crippen LogP contribution in [0.5, 0.6) is 0 Å². The number of nitrogens with one attached hydrogen (secondary N) is 1. The van der Waals surface area contributed by atoms with Crippen molar-refractivity contribution in [2.45, 2.75) is 45.8 Å². The van der Waals surface area contributed by atoms with Gasteiger partial charge < -0.3 is 10.2 Å². The van der Waals surface area contributed by atoms with E-state index in [4.69, 9.17) is 11.6 Å². The number of nitrogens with zero attached hydrogens (tertiary/aromatic N) is 2. The van der Waals surface area contributed by atoms with Gasteiger partial charge in [-0.25, -0.2) is 12.8 Å². The third-order valence-corrected chi connectivity index (χ3v) is 6.59. The van der Waals surface area contributed by atoms with Gasteiger partial charge in [0.1, 0.15) is 18.4 Å². The number of carbonyl (C=O) groups excluding carboxylic acids is 2. The van der Waals surface area contributed by atoms with Gasteiger partial charge in [-0.2, -0.15) is 0 Å². The molecule has 2 aromatic carbocycles. The number of benzene rings is 2. The van der Waals surface area contributed by atoms with Gasteiger partial charge in [0.25, 0.3) is 0 Å². The number of rotatable bonds is 10. The second-order valence-corrected chi connectivity index (χ2v) is 10.2. The van der Waals surface area contributed by atoms with Gasteiger partial charge in [0.2, 0.25) is 21.8 Å². The van der Waals surface area contributed by atoms with Gasteiger partial charge in [-0.05, 0) is 56.2 Å². The number of hydrogen-bond acceptors (Lipinski definition) is 4. The number of sulfonamides is 1. The highest BCUT2D eigenvalue weighted by atomic mass is 35.5. The van der Waals surface area contributed by atoms with Crippen LogP contribution in [0.4, 0.5) is 10.1 Å². The van der Waals surface area contributed by atoms with Crippen molar-refractivity contribution in [3.05, 3.63) is 64.9 Å². The predicted octanol–water partition coefficient (Wildman–Crippen LogP) is 3.58. The molecule has 0 aliphatic heterocycles. The van der Waals surface area contributed by atoms with Crippen LogP contribution in [0, 0.1) is 5.82 Å². The van der Waals surface area contributed by atoms with E-state index >= 15 is 0 Å². The van der Waals surface area contributed by atoms with Crippen LogP contribution in [-0.4, -0.2) is 50.0 Å². The zero-order valence-corrected chi connectivity index (χ0v) is 20.7. The van der Waals surface area contributed by atoms with Gasteiger partial charge in [-0.3, -0.25) is 13.9 Å². The van der Waals surface area contributed by atoms with Crippen LogP contribution in [0.25, 0.3) is 0 Å². The maximum absolute atomic E-state index is 13.4. The number of anilines is 1. The van der Waals surface area contributed by atoms with E-state index in [0.29, 0.717) is 17.0 Å². The number of hydrogen-bond donors (Lipinski definition) is 1. The molecule has 10 heteroatoms. The van der Waals surface area contributed by atoms with Crippen LogP contribution in [-0.2, 0) is 26.2 Å². The highest BCUT2D eigenvalue weighted by Crippen LogP contribution is 2.22. The molecule has 0 saturated carbocycles. The Morgan fingerprint density at radius 2 is 1.76 bits per heavy atom. The van der Waals surface area contributed by atoms with Crippen LogP contribution < -0.4 is 9.62 Å². The Kier molecular flexibility index (Phi) is 9.25. The molecule has 2 atom stereocenters. The summed E-state index contributed by atoms with van der Waals surface area (Å²) in [7, 11) is -3.83. The molecule has 0 aliphatic carbocycles. The minimum atomic E-state index is -3.83. The summed E-state index contributed by atoms with van der Waals surface area (Å²) in [6, 6.07) is 10.7. The van der Waals surface area contributed by atoms with Gasteiger partial charge in [0, 0.05) is 17.6 Å². The number of carbonyl (C=O) groups is 2. The third-order valence-electron chi connectivity index (χ3n) is 5.21. The maximum atomic E-state index is 13.4. The van der Waals surface area contributed by atoms with Crippen LogP contribution in [0.2, 0.25) is 5.02 Å². The minimum absolute atomic E-state index is 0.00134. The summed E-state index contributed by atoms with van der Waals surface area (Å²) in [4.78, 5) is 27.4. The smallest absolute Gasteiger partial charge is 0.244 e. The Hall–Kier alpha value is -2.65. The second-order valence-electron chi connectivity index (χ2n) is 7.89. The first-order chi connectivity index (χ1) is 15.4. The van der Waals surface area contributed by atoms with Gasteiger partial charge >= 0.3 is 0 Å². The summed E-state index contributed by atoms with van der Waals surface area (Å²) in [6.45, 7) is 4.82. The lowest BCUT2D eigenvalue weighted by Gasteiger charge is -2.32. The molecule has 0 heterocycles. The fourth-order valence-corrected chi connectivity index (χ4v) is 4.11. The van der Waals surface area contributed by atoms with Gasteiger partial charge in [0.15, 0.2) is 0 Å². The van der Waals surface area contributed by atoms with Crippen LogP contribution >= 0.6 is 11.6 Å². The molecule has 180 valence electrons. The Morgan fingerprint density at radius 1 is 1.12 bits per heavy atom. The molecule has 2 aromatic rings. The molecule has 2 rings (SSSR count). The topological polar surface area (TPSA) is 86.8 Å². The van der Waals surface area contributed by atoms with E-state index in [9.17, 15) is 22.4 Å². The number of halogens is 2. The minimum Gasteiger partial charge on any atom is -0.352 e. The van der Waals surface area contributed by atoms with Gasteiger partial charge in [0.05, 0.1) is 11.9 Å². The van der Waals surface area contributed by atoms with Crippen molar-refractivity contribution < 1.29 is 22.4 Å². The van der Waals surface area contributed by atoms with Crippen LogP contribution in [0.15, 0.2) is 48.5 Å². The molecule has 2 amide bonds. The molecule has 0 aromatic heterocycles. The van der Waals surface area contributed by atoms with E-state index in [1.54, 1.807) is 19.1 Å². The molecular weight excluding hydrogens is 469 g/mol. The lowest BCUT2D eigenvalue weighted by atomic mass is 10.1. The SMILES string of the molecule is CCC(C)NC(=O)C(C)N(Cc1ccc(F)cc1)C(=O)CN(c1cccc(Cl)c1)S(C)(=O)=O. The van der Waals surface area contributed by atoms with E-state index in [0.717, 1.165) is 10.6 Å². The Balaban J connectivity index is 2.37. The molecular formula is C23H29ClFN3O4S. The second kappa shape index (κ2) is 11.5. The van der Waals surface area contributed by atoms with Crippen molar-refractivity contribution in [1.82, 2.24) is 10.2 Å². The van der Waals surface area contributed by atoms with E-state index in [1.165, 1.54) is 41.3 Å². The molecule has 0 radical (unpaired) electrons. The number of amides is 2. The first-order valence-electron chi connectivity index (χ1n) is 10.5. The van der Waals surface area contributed by atoms with Gasteiger partial charge in [-0.15, -0.1) is 0 Å². The first kappa shape index (κ1) is 26.6. The molecule has 0 aliphatic rings. The summed E-state index contributed by atoms with van der Waals surface area (Å²) < 4.78 is 39.2. The van der Waals surface area contributed by atoms with E-state index < -0.39 is 34.3 Å². The monoisotopic (exact) mass is 497 g/mol. The highest BCUT2D eigenvalue weighted by Gasteiger charge is 2.30. The zero-order chi connectivity index (χ0) is 24.8. The molecule has 0 bridgehead atoms. The first-order valence-corrected chi connectivity index (χ1v) is 12.7. The fourth-order valence-electron chi connectivity index (χ4n) is 3.08. The van der Waals surface area contributed by atoms with Crippen molar-refractivity contribution in [2.75, 3.05) is 17.1 Å². The quantitative estimate of drug-likeness (QED) is 0.543. The third kappa shape index (κ3) is 7.71. The normalized spacial score (nSPS) is 13.2. The summed E-state index contributed by atoms with van der Waals surface area (Å²) in [6.07, 6.45) is 1.70. The lowest BCUT2D eigenvalue weighted by Crippen LogP contribution is -2.52. The predicted molar refractivity (Wildman–Crippen MR) is 128 cm³/mol. The molecule has 1 N–H and O–H groups in total. The fraction of sp³-hybridized carbons (Fsp3) is 0.391. The average Bonchev–Trinajstić information content (AvgIpc) is 2.75. The van der Waals surface area contributed by atoms with E-state index in [1.807, 2.05) is 13.8 Å². The summed E-state index contributed by atoms with van der Waals surface area (Å²) in [5.41, 5.74) is 0.832. The Morgan fingerprint density at radius 3 is 2.30 bits per heavy atom. The maximum Gasteiger partial charge on any atom is 0.244 e. The average molecular weight is 498 g/mol. The van der Waals surface area contributed by atoms with Crippen molar-refractivity contribution in [3.63, 3.8) is 0 Å². The van der Waals surface area contributed by atoms with E-state index in [-0.39, 0.29) is 24.2 Å². The Bertz CT molecular complexity index is 1080. The molecule has 0 fully saturated rings. The molecule has 0 saturated heterocycles. The molecule has 7 nitrogen and oxygen atoms in total. The Labute approximate surface area is 199 Å². The molecule has 33 heavy (non-hydrogen) atoms. The highest BCUT2D eigenvalue weighted by molar-refractivity contribution is 7.92. The molecule has 2 unspecified atom stereocenters. The largest absolute Gasteiger partial charge is 0.352 e. The van der Waals surface area contributed by atoms with Crippen LogP contribution in [0.1, 0.15) is 32.8 Å². The zero-order valence-electron chi connectivity index (χ0n) is 19.1. The standard InChI is InChI=1S/C23H29ClFN3O4S/c1-5-16(2)26-23(30)17(3)27(14-18-9-11-20(25)12-10-18)22(29)15-28(33(4,31)32)21-8-6-7-19(24)13-21/h6-13,16-17H,5,14-15H2,1-4H3,(H,26,30). The summed E-state index contributed by atoms with van der Waals surface area (Å²) >= 11 is 6.01. The van der Waals surface area contributed by atoms with Gasteiger partial charge in [-0.1, -0.05) is 36.7 Å². The molecule has 0 spiro atoms. The summed E-state index contributed by atoms with van der Waals surface area (Å²) in [5, 5.41) is 3.16. The van der Waals surface area contributed by atoms with Crippen molar-refractivity contribution >= 4 is 39.1 Å². The lowest BCUT2D eigenvalue weighted by molar-refractivity contribution is -0.139.